The summed E-state index contributed by atoms with van der Waals surface area (Å²) in [6.45, 7) is 4.58. The molecule has 4 heteroatoms. The largest absolute Gasteiger partial charge is 0.456 e. The fourth-order valence-electron chi connectivity index (χ4n) is 10.7. The average Bonchev–Trinajstić information content (AvgIpc) is 4.21. The van der Waals surface area contributed by atoms with E-state index in [1.54, 1.807) is 0 Å². The first-order valence-corrected chi connectivity index (χ1v) is 28.3. The monoisotopic (exact) mass is 954 g/mol. The Bertz CT molecular complexity index is 3280. The van der Waals surface area contributed by atoms with Gasteiger partial charge in [0, 0.05) is 41.1 Å². The molecule has 0 bridgehead atoms. The molecule has 0 fully saturated rings. The van der Waals surface area contributed by atoms with Crippen LogP contribution in [0.1, 0.15) is 126 Å². The molecule has 70 heavy (non-hydrogen) atoms. The van der Waals surface area contributed by atoms with E-state index in [9.17, 15) is 0 Å². The van der Waals surface area contributed by atoms with E-state index in [0.29, 0.717) is 0 Å². The highest BCUT2D eigenvalue weighted by Gasteiger charge is 2.16. The fourth-order valence-corrected chi connectivity index (χ4v) is 12.9. The van der Waals surface area contributed by atoms with E-state index >= 15 is 0 Å². The van der Waals surface area contributed by atoms with Gasteiger partial charge in [0.05, 0.1) is 0 Å². The average molecular weight is 955 g/mol. The lowest BCUT2D eigenvalue weighted by molar-refractivity contribution is 0.576. The molecule has 4 heterocycles. The lowest BCUT2D eigenvalue weighted by Crippen LogP contribution is -1.83. The van der Waals surface area contributed by atoms with Crippen LogP contribution >= 0.6 is 22.7 Å². The van der Waals surface area contributed by atoms with Crippen LogP contribution in [0.4, 0.5) is 0 Å². The Morgan fingerprint density at radius 3 is 1.04 bits per heavy atom. The molecule has 11 rings (SSSR count). The Morgan fingerprint density at radius 2 is 0.629 bits per heavy atom. The van der Waals surface area contributed by atoms with Crippen LogP contribution in [0, 0.1) is 0 Å². The normalized spacial score (nSPS) is 12.0. The predicted octanol–water partition coefficient (Wildman–Crippen LogP) is 21.9. The zero-order valence-electron chi connectivity index (χ0n) is 41.2. The van der Waals surface area contributed by atoms with Gasteiger partial charge >= 0.3 is 0 Å². The molecule has 0 saturated heterocycles. The highest BCUT2D eigenvalue weighted by Crippen LogP contribution is 2.41. The summed E-state index contributed by atoms with van der Waals surface area (Å²) in [5, 5.41) is 9.12. The van der Waals surface area contributed by atoms with Gasteiger partial charge in [-0.1, -0.05) is 177 Å². The summed E-state index contributed by atoms with van der Waals surface area (Å²) < 4.78 is 13.3. The first-order valence-electron chi connectivity index (χ1n) is 26.7. The number of benzene rings is 7. The Morgan fingerprint density at radius 1 is 0.286 bits per heavy atom. The Hall–Kier alpha value is -5.94. The maximum atomic E-state index is 6.64. The fraction of sp³-hybridized carbons (Fsp3) is 0.303. The number of thiophene rings is 2. The molecule has 7 aromatic carbocycles. The predicted molar refractivity (Wildman–Crippen MR) is 306 cm³/mol. The van der Waals surface area contributed by atoms with Gasteiger partial charge in [-0.2, -0.15) is 0 Å². The van der Waals surface area contributed by atoms with Crippen LogP contribution in [0.5, 0.6) is 0 Å². The molecule has 0 N–H and O–H groups in total. The van der Waals surface area contributed by atoms with Crippen molar-refractivity contribution in [1.29, 1.82) is 0 Å². The number of hydrogen-bond donors (Lipinski definition) is 0. The molecule has 0 amide bonds. The molecule has 0 atom stereocenters. The van der Waals surface area contributed by atoms with Crippen LogP contribution in [-0.2, 0) is 12.8 Å². The Kier molecular flexibility index (Phi) is 14.3. The summed E-state index contributed by atoms with van der Waals surface area (Å²) in [7, 11) is 0. The third kappa shape index (κ3) is 10.3. The quantitative estimate of drug-likeness (QED) is 0.0633. The molecular formula is C66H66O2S2. The smallest absolute Gasteiger partial charge is 0.136 e. The van der Waals surface area contributed by atoms with Crippen LogP contribution < -0.4 is 0 Å². The van der Waals surface area contributed by atoms with Gasteiger partial charge in [0.2, 0.25) is 0 Å². The van der Waals surface area contributed by atoms with Crippen molar-refractivity contribution in [2.75, 3.05) is 0 Å². The van der Waals surface area contributed by atoms with E-state index in [4.69, 9.17) is 8.83 Å². The van der Waals surface area contributed by atoms with Crippen molar-refractivity contribution in [3.8, 4) is 43.1 Å². The van der Waals surface area contributed by atoms with Crippen molar-refractivity contribution >= 4 is 88.1 Å². The number of hydrogen-bond acceptors (Lipinski definition) is 4. The summed E-state index contributed by atoms with van der Waals surface area (Å²) in [6, 6.07) is 54.4. The molecule has 0 radical (unpaired) electrons. The van der Waals surface area contributed by atoms with Gasteiger partial charge in [0.15, 0.2) is 0 Å². The van der Waals surface area contributed by atoms with Crippen LogP contribution in [0.2, 0.25) is 0 Å². The molecule has 0 spiro atoms. The minimum atomic E-state index is 0.881. The molecule has 4 aromatic heterocycles. The lowest BCUT2D eigenvalue weighted by Gasteiger charge is -2.06. The van der Waals surface area contributed by atoms with Gasteiger partial charge in [-0.15, -0.1) is 22.7 Å². The molecule has 11 aromatic rings. The molecule has 354 valence electrons. The Balaban J connectivity index is 0.761. The second-order valence-corrected chi connectivity index (χ2v) is 22.3. The van der Waals surface area contributed by atoms with Crippen LogP contribution in [0.15, 0.2) is 154 Å². The maximum Gasteiger partial charge on any atom is 0.136 e. The summed E-state index contributed by atoms with van der Waals surface area (Å²) in [4.78, 5) is 5.73. The van der Waals surface area contributed by atoms with Crippen molar-refractivity contribution in [3.05, 3.63) is 155 Å². The van der Waals surface area contributed by atoms with E-state index in [2.05, 4.69) is 159 Å². The van der Waals surface area contributed by atoms with Gasteiger partial charge in [-0.05, 0) is 153 Å². The number of aryl methyl sites for hydroxylation is 2. The SMILES string of the molecule is CCCCCCCCCCc1ccc(-c2ccc(-c3ccc4cc5c(cc4c3)oc3cc4c(cc35)oc3cc5cc(-c6ccc(-c7ccc(CCCCCCCCCC)s7)cc6)ccc5cc34)cc2)s1. The van der Waals surface area contributed by atoms with Gasteiger partial charge in [-0.3, -0.25) is 0 Å². The van der Waals surface area contributed by atoms with Crippen molar-refractivity contribution in [1.82, 2.24) is 0 Å². The minimum absolute atomic E-state index is 0.881. The Labute approximate surface area is 422 Å². The second kappa shape index (κ2) is 21.6. The molecule has 0 saturated carbocycles. The van der Waals surface area contributed by atoms with Gasteiger partial charge in [-0.25, -0.2) is 0 Å². The summed E-state index contributed by atoms with van der Waals surface area (Å²) in [5.41, 5.74) is 11.0. The van der Waals surface area contributed by atoms with Crippen LogP contribution in [0.25, 0.3) is 109 Å². The number of unbranched alkanes of at least 4 members (excludes halogenated alkanes) is 14. The lowest BCUT2D eigenvalue weighted by atomic mass is 9.98. The third-order valence-electron chi connectivity index (χ3n) is 14.9. The minimum Gasteiger partial charge on any atom is -0.456 e. The first-order chi connectivity index (χ1) is 34.6. The van der Waals surface area contributed by atoms with Crippen LogP contribution in [-0.4, -0.2) is 0 Å². The number of fused-ring (bicyclic) bond motifs is 8. The molecule has 0 aliphatic carbocycles. The van der Waals surface area contributed by atoms with E-state index in [-0.39, 0.29) is 0 Å². The van der Waals surface area contributed by atoms with E-state index in [1.807, 2.05) is 22.7 Å². The van der Waals surface area contributed by atoms with Gasteiger partial charge < -0.3 is 8.83 Å². The van der Waals surface area contributed by atoms with E-state index in [1.165, 1.54) is 190 Å². The molecule has 0 aliphatic rings. The van der Waals surface area contributed by atoms with Crippen LogP contribution in [0.3, 0.4) is 0 Å². The van der Waals surface area contributed by atoms with Crippen molar-refractivity contribution in [3.63, 3.8) is 0 Å². The topological polar surface area (TPSA) is 26.3 Å². The van der Waals surface area contributed by atoms with Gasteiger partial charge in [0.1, 0.15) is 22.3 Å². The van der Waals surface area contributed by atoms with E-state index < -0.39 is 0 Å². The molecular weight excluding hydrogens is 889 g/mol. The van der Waals surface area contributed by atoms with Gasteiger partial charge in [0.25, 0.3) is 0 Å². The maximum absolute atomic E-state index is 6.64. The zero-order chi connectivity index (χ0) is 47.2. The molecule has 0 aliphatic heterocycles. The molecule has 0 unspecified atom stereocenters. The van der Waals surface area contributed by atoms with Crippen molar-refractivity contribution in [2.45, 2.75) is 129 Å². The zero-order valence-corrected chi connectivity index (χ0v) is 42.9. The third-order valence-corrected chi connectivity index (χ3v) is 17.2. The highest BCUT2D eigenvalue weighted by molar-refractivity contribution is 7.15. The number of furan rings is 2. The van der Waals surface area contributed by atoms with E-state index in [0.717, 1.165) is 43.9 Å². The second-order valence-electron chi connectivity index (χ2n) is 20.0. The highest BCUT2D eigenvalue weighted by atomic mass is 32.1. The summed E-state index contributed by atoms with van der Waals surface area (Å²) >= 11 is 3.91. The molecule has 2 nitrogen and oxygen atoms in total. The van der Waals surface area contributed by atoms with Crippen molar-refractivity contribution < 1.29 is 8.83 Å². The summed E-state index contributed by atoms with van der Waals surface area (Å²) in [5.74, 6) is 0. The summed E-state index contributed by atoms with van der Waals surface area (Å²) in [6.07, 6.45) is 24.3. The number of rotatable bonds is 22. The standard InChI is InChI=1S/C66H66O2S2/c1-3-5-7-9-11-13-15-17-19-55-33-35-65(69-55)47-25-21-45(22-26-47)49-29-31-51-39-57-59-43-64-60(44-63(59)67-61(57)41-53(51)37-49)58-40-52-32-30-50(38-54(52)42-62(58)68-64)46-23-27-48(28-24-46)66-36-34-56(70-66)20-18-16-14-12-10-8-6-4-2/h21-44H,3-20H2,1-2H3. The van der Waals surface area contributed by atoms with Crippen molar-refractivity contribution in [2.24, 2.45) is 0 Å². The first kappa shape index (κ1) is 46.4.